The van der Waals surface area contributed by atoms with E-state index in [-0.39, 0.29) is 0 Å². The minimum atomic E-state index is -0.445. The number of benzene rings is 2. The Bertz CT molecular complexity index is 621. The first-order valence-electron chi connectivity index (χ1n) is 8.60. The topological polar surface area (TPSA) is 32.7 Å². The fourth-order valence-corrected chi connectivity index (χ4v) is 3.20. The largest absolute Gasteiger partial charge is 0.491 e. The van der Waals surface area contributed by atoms with Gasteiger partial charge in [0.05, 0.1) is 0 Å². The van der Waals surface area contributed by atoms with E-state index in [0.717, 1.165) is 35.0 Å². The molecule has 0 aromatic heterocycles. The van der Waals surface area contributed by atoms with E-state index in [9.17, 15) is 5.11 Å². The fourth-order valence-electron chi connectivity index (χ4n) is 3.07. The molecule has 1 atom stereocenters. The summed E-state index contributed by atoms with van der Waals surface area (Å²) in [7, 11) is 0. The molecule has 24 heavy (non-hydrogen) atoms. The lowest BCUT2D eigenvalue weighted by atomic mass is 10.1. The maximum atomic E-state index is 10.1. The number of aliphatic hydroxyl groups is 1. The molecule has 1 heterocycles. The van der Waals surface area contributed by atoms with Crippen molar-refractivity contribution in [3.05, 3.63) is 53.6 Å². The van der Waals surface area contributed by atoms with Crippen molar-refractivity contribution < 1.29 is 9.84 Å². The minimum Gasteiger partial charge on any atom is -0.491 e. The highest BCUT2D eigenvalue weighted by molar-refractivity contribution is 6.30. The Hall–Kier alpha value is -1.55. The molecule has 0 amide bonds. The number of β-amino-alcohol motifs (C(OH)–C–C–N with tert-alkyl or cyclic N) is 1. The van der Waals surface area contributed by atoms with Crippen LogP contribution in [0.2, 0.25) is 5.02 Å². The Morgan fingerprint density at radius 2 is 1.50 bits per heavy atom. The number of likely N-dealkylation sites (tertiary alicyclic amines) is 1. The second-order valence-corrected chi connectivity index (χ2v) is 6.79. The predicted molar refractivity (Wildman–Crippen MR) is 98.7 cm³/mol. The van der Waals surface area contributed by atoms with E-state index < -0.39 is 6.10 Å². The number of nitrogens with zero attached hydrogens (tertiary/aromatic N) is 1. The number of piperidine rings is 1. The standard InChI is InChI=1S/C20H24ClNO2/c21-18-8-4-16(5-9-18)17-6-10-20(11-7-17)24-15-19(23)14-22-12-2-1-3-13-22/h4-11,19,23H,1-3,12-15H2. The van der Waals surface area contributed by atoms with E-state index >= 15 is 0 Å². The van der Waals surface area contributed by atoms with Crippen LogP contribution in [0.25, 0.3) is 11.1 Å². The Morgan fingerprint density at radius 3 is 2.12 bits per heavy atom. The Kier molecular flexibility index (Phi) is 6.13. The molecule has 3 rings (SSSR count). The molecule has 3 nitrogen and oxygen atoms in total. The van der Waals surface area contributed by atoms with E-state index in [1.54, 1.807) is 0 Å². The first kappa shape index (κ1) is 17.3. The van der Waals surface area contributed by atoms with E-state index in [1.807, 2.05) is 48.5 Å². The first-order chi connectivity index (χ1) is 11.7. The molecule has 0 aliphatic carbocycles. The van der Waals surface area contributed by atoms with Gasteiger partial charge in [-0.15, -0.1) is 0 Å². The lowest BCUT2D eigenvalue weighted by Crippen LogP contribution is -2.38. The van der Waals surface area contributed by atoms with Crippen molar-refractivity contribution in [3.63, 3.8) is 0 Å². The van der Waals surface area contributed by atoms with Gasteiger partial charge in [-0.1, -0.05) is 42.3 Å². The van der Waals surface area contributed by atoms with E-state index in [2.05, 4.69) is 4.90 Å². The van der Waals surface area contributed by atoms with Crippen LogP contribution in [0.1, 0.15) is 19.3 Å². The van der Waals surface area contributed by atoms with E-state index in [4.69, 9.17) is 16.3 Å². The number of aliphatic hydroxyl groups excluding tert-OH is 1. The van der Waals surface area contributed by atoms with Crippen molar-refractivity contribution in [2.75, 3.05) is 26.2 Å². The number of hydrogen-bond donors (Lipinski definition) is 1. The second kappa shape index (κ2) is 8.52. The molecule has 0 saturated carbocycles. The molecule has 0 spiro atoms. The number of ether oxygens (including phenoxy) is 1. The molecule has 128 valence electrons. The molecule has 0 radical (unpaired) electrons. The third kappa shape index (κ3) is 4.97. The summed E-state index contributed by atoms with van der Waals surface area (Å²) in [6.45, 7) is 3.21. The van der Waals surface area contributed by atoms with Crippen LogP contribution in [-0.4, -0.2) is 42.4 Å². The highest BCUT2D eigenvalue weighted by Crippen LogP contribution is 2.24. The highest BCUT2D eigenvalue weighted by atomic mass is 35.5. The fraction of sp³-hybridized carbons (Fsp3) is 0.400. The van der Waals surface area contributed by atoms with E-state index in [0.29, 0.717) is 13.2 Å². The maximum Gasteiger partial charge on any atom is 0.119 e. The van der Waals surface area contributed by atoms with Crippen molar-refractivity contribution >= 4 is 11.6 Å². The lowest BCUT2D eigenvalue weighted by Gasteiger charge is -2.28. The molecular formula is C20H24ClNO2. The summed E-state index contributed by atoms with van der Waals surface area (Å²) in [4.78, 5) is 2.32. The summed E-state index contributed by atoms with van der Waals surface area (Å²) in [5.74, 6) is 0.783. The van der Waals surface area contributed by atoms with Gasteiger partial charge in [0.2, 0.25) is 0 Å². The summed E-state index contributed by atoms with van der Waals surface area (Å²) < 4.78 is 5.72. The molecule has 1 saturated heterocycles. The van der Waals surface area contributed by atoms with Crippen LogP contribution in [-0.2, 0) is 0 Å². The van der Waals surface area contributed by atoms with Gasteiger partial charge in [0.25, 0.3) is 0 Å². The van der Waals surface area contributed by atoms with Crippen LogP contribution in [0.5, 0.6) is 5.75 Å². The van der Waals surface area contributed by atoms with Crippen molar-refractivity contribution in [2.45, 2.75) is 25.4 Å². The van der Waals surface area contributed by atoms with Gasteiger partial charge in [-0.2, -0.15) is 0 Å². The number of hydrogen-bond acceptors (Lipinski definition) is 3. The maximum absolute atomic E-state index is 10.1. The summed E-state index contributed by atoms with van der Waals surface area (Å²) in [5, 5.41) is 10.9. The van der Waals surface area contributed by atoms with Gasteiger partial charge in [0.15, 0.2) is 0 Å². The first-order valence-corrected chi connectivity index (χ1v) is 8.98. The smallest absolute Gasteiger partial charge is 0.119 e. The van der Waals surface area contributed by atoms with Crippen molar-refractivity contribution in [3.8, 4) is 16.9 Å². The zero-order valence-corrected chi connectivity index (χ0v) is 14.6. The van der Waals surface area contributed by atoms with Gasteiger partial charge < -0.3 is 14.7 Å². The van der Waals surface area contributed by atoms with Crippen molar-refractivity contribution in [2.24, 2.45) is 0 Å². The van der Waals surface area contributed by atoms with Gasteiger partial charge in [-0.05, 0) is 61.3 Å². The normalized spacial score (nSPS) is 16.8. The van der Waals surface area contributed by atoms with Crippen LogP contribution in [0.15, 0.2) is 48.5 Å². The van der Waals surface area contributed by atoms with Gasteiger partial charge >= 0.3 is 0 Å². The Balaban J connectivity index is 1.49. The van der Waals surface area contributed by atoms with E-state index in [1.165, 1.54) is 19.3 Å². The molecule has 2 aromatic carbocycles. The van der Waals surface area contributed by atoms with Gasteiger partial charge in [-0.25, -0.2) is 0 Å². The summed E-state index contributed by atoms with van der Waals surface area (Å²) in [6.07, 6.45) is 3.33. The molecule has 0 bridgehead atoms. The summed E-state index contributed by atoms with van der Waals surface area (Å²) >= 11 is 5.92. The molecule has 1 N–H and O–H groups in total. The zero-order valence-electron chi connectivity index (χ0n) is 13.8. The minimum absolute atomic E-state index is 0.330. The highest BCUT2D eigenvalue weighted by Gasteiger charge is 2.15. The third-order valence-corrected chi connectivity index (χ3v) is 4.64. The van der Waals surface area contributed by atoms with Crippen LogP contribution in [0.3, 0.4) is 0 Å². The Morgan fingerprint density at radius 1 is 0.917 bits per heavy atom. The monoisotopic (exact) mass is 345 g/mol. The summed E-state index contributed by atoms with van der Waals surface area (Å²) in [6, 6.07) is 15.7. The van der Waals surface area contributed by atoms with Crippen molar-refractivity contribution in [1.82, 2.24) is 4.90 Å². The molecule has 4 heteroatoms. The molecule has 2 aromatic rings. The van der Waals surface area contributed by atoms with Gasteiger partial charge in [0, 0.05) is 11.6 Å². The number of rotatable bonds is 6. The SMILES string of the molecule is OC(COc1ccc(-c2ccc(Cl)cc2)cc1)CN1CCCCC1. The van der Waals surface area contributed by atoms with Crippen LogP contribution in [0, 0.1) is 0 Å². The predicted octanol–water partition coefficient (Wildman–Crippen LogP) is 4.23. The molecule has 1 fully saturated rings. The van der Waals surface area contributed by atoms with Gasteiger partial charge in [0.1, 0.15) is 18.5 Å². The second-order valence-electron chi connectivity index (χ2n) is 6.36. The molecular weight excluding hydrogens is 322 g/mol. The molecule has 1 aliphatic rings. The average Bonchev–Trinajstić information content (AvgIpc) is 2.62. The van der Waals surface area contributed by atoms with Crippen LogP contribution < -0.4 is 4.74 Å². The molecule has 1 unspecified atom stereocenters. The Labute approximate surface area is 148 Å². The van der Waals surface area contributed by atoms with Gasteiger partial charge in [-0.3, -0.25) is 0 Å². The quantitative estimate of drug-likeness (QED) is 0.850. The molecule has 1 aliphatic heterocycles. The zero-order chi connectivity index (χ0) is 16.8. The third-order valence-electron chi connectivity index (χ3n) is 4.39. The van der Waals surface area contributed by atoms with Crippen LogP contribution >= 0.6 is 11.6 Å². The van der Waals surface area contributed by atoms with Crippen molar-refractivity contribution in [1.29, 1.82) is 0 Å². The average molecular weight is 346 g/mol. The van der Waals surface area contributed by atoms with Crippen LogP contribution in [0.4, 0.5) is 0 Å². The number of halogens is 1. The summed E-state index contributed by atoms with van der Waals surface area (Å²) in [5.41, 5.74) is 2.24. The lowest BCUT2D eigenvalue weighted by molar-refractivity contribution is 0.0617.